The van der Waals surface area contributed by atoms with Gasteiger partial charge in [0.15, 0.2) is 0 Å². The molecular formula is C10H8ClNO2. The number of ether oxygens (including phenoxy) is 1. The molecule has 0 radical (unpaired) electrons. The summed E-state index contributed by atoms with van der Waals surface area (Å²) in [5.41, 5.74) is 0.516. The van der Waals surface area contributed by atoms with E-state index in [9.17, 15) is 4.79 Å². The van der Waals surface area contributed by atoms with Crippen LogP contribution in [0.15, 0.2) is 18.5 Å². The molecule has 0 aliphatic carbocycles. The average molecular weight is 210 g/mol. The van der Waals surface area contributed by atoms with Crippen molar-refractivity contribution in [2.24, 2.45) is 0 Å². The van der Waals surface area contributed by atoms with E-state index >= 15 is 0 Å². The SMILES string of the molecule is CCOC(=O)C#Cc1cnccc1Cl. The van der Waals surface area contributed by atoms with Gasteiger partial charge in [-0.2, -0.15) is 0 Å². The van der Waals surface area contributed by atoms with Gasteiger partial charge in [0, 0.05) is 18.3 Å². The van der Waals surface area contributed by atoms with Crippen molar-refractivity contribution in [1.82, 2.24) is 4.98 Å². The Hall–Kier alpha value is -1.53. The van der Waals surface area contributed by atoms with E-state index in [1.807, 2.05) is 0 Å². The van der Waals surface area contributed by atoms with Crippen molar-refractivity contribution in [2.75, 3.05) is 6.61 Å². The largest absolute Gasteiger partial charge is 0.456 e. The summed E-state index contributed by atoms with van der Waals surface area (Å²) >= 11 is 5.79. The molecule has 0 amide bonds. The maximum Gasteiger partial charge on any atom is 0.384 e. The second kappa shape index (κ2) is 5.25. The first-order valence-electron chi connectivity index (χ1n) is 4.02. The molecule has 1 aromatic rings. The molecule has 0 aromatic carbocycles. The number of rotatable bonds is 1. The third kappa shape index (κ3) is 3.08. The summed E-state index contributed by atoms with van der Waals surface area (Å²) in [7, 11) is 0. The third-order valence-electron chi connectivity index (χ3n) is 1.34. The molecule has 4 heteroatoms. The fourth-order valence-corrected chi connectivity index (χ4v) is 0.907. The van der Waals surface area contributed by atoms with Crippen LogP contribution in [0.3, 0.4) is 0 Å². The van der Waals surface area contributed by atoms with Crippen LogP contribution in [0.2, 0.25) is 5.02 Å². The Kier molecular flexibility index (Phi) is 3.96. The van der Waals surface area contributed by atoms with Crippen LogP contribution in [0.4, 0.5) is 0 Å². The van der Waals surface area contributed by atoms with Gasteiger partial charge in [-0.1, -0.05) is 17.5 Å². The minimum absolute atomic E-state index is 0.314. The fraction of sp³-hybridized carbons (Fsp3) is 0.200. The summed E-state index contributed by atoms with van der Waals surface area (Å²) in [6.45, 7) is 2.03. The van der Waals surface area contributed by atoms with Gasteiger partial charge in [-0.25, -0.2) is 4.79 Å². The molecular weight excluding hydrogens is 202 g/mol. The highest BCUT2D eigenvalue weighted by atomic mass is 35.5. The summed E-state index contributed by atoms with van der Waals surface area (Å²) in [5, 5.41) is 0.469. The number of halogens is 1. The summed E-state index contributed by atoms with van der Waals surface area (Å²) in [5.74, 6) is 4.32. The quantitative estimate of drug-likeness (QED) is 0.522. The van der Waals surface area contributed by atoms with Crippen LogP contribution < -0.4 is 0 Å². The first-order valence-corrected chi connectivity index (χ1v) is 4.40. The van der Waals surface area contributed by atoms with E-state index < -0.39 is 5.97 Å². The zero-order chi connectivity index (χ0) is 10.4. The lowest BCUT2D eigenvalue weighted by Gasteiger charge is -1.93. The predicted molar refractivity (Wildman–Crippen MR) is 52.8 cm³/mol. The zero-order valence-corrected chi connectivity index (χ0v) is 8.34. The topological polar surface area (TPSA) is 39.2 Å². The van der Waals surface area contributed by atoms with Crippen LogP contribution >= 0.6 is 11.6 Å². The van der Waals surface area contributed by atoms with Crippen LogP contribution in [-0.2, 0) is 9.53 Å². The third-order valence-corrected chi connectivity index (χ3v) is 1.67. The molecule has 0 unspecified atom stereocenters. The molecule has 0 saturated carbocycles. The Bertz CT molecular complexity index is 393. The first kappa shape index (κ1) is 10.6. The maximum absolute atomic E-state index is 10.9. The van der Waals surface area contributed by atoms with E-state index in [-0.39, 0.29) is 0 Å². The van der Waals surface area contributed by atoms with Gasteiger partial charge in [0.1, 0.15) is 0 Å². The minimum atomic E-state index is -0.563. The Labute approximate surface area is 87.1 Å². The zero-order valence-electron chi connectivity index (χ0n) is 7.58. The molecule has 1 aromatic heterocycles. The van der Waals surface area contributed by atoms with E-state index in [1.54, 1.807) is 19.2 Å². The summed E-state index contributed by atoms with van der Waals surface area (Å²) in [4.78, 5) is 14.7. The summed E-state index contributed by atoms with van der Waals surface area (Å²) in [6, 6.07) is 1.61. The van der Waals surface area contributed by atoms with Crippen LogP contribution in [0.5, 0.6) is 0 Å². The van der Waals surface area contributed by atoms with Crippen molar-refractivity contribution < 1.29 is 9.53 Å². The van der Waals surface area contributed by atoms with E-state index in [2.05, 4.69) is 21.6 Å². The molecule has 0 fully saturated rings. The molecule has 14 heavy (non-hydrogen) atoms. The number of pyridine rings is 1. The van der Waals surface area contributed by atoms with E-state index in [0.29, 0.717) is 17.2 Å². The molecule has 72 valence electrons. The van der Waals surface area contributed by atoms with Gasteiger partial charge >= 0.3 is 5.97 Å². The second-order valence-corrected chi connectivity index (χ2v) is 2.73. The number of carbonyl (C=O) groups is 1. The smallest absolute Gasteiger partial charge is 0.384 e. The maximum atomic E-state index is 10.9. The first-order chi connectivity index (χ1) is 6.74. The Morgan fingerprint density at radius 3 is 3.14 bits per heavy atom. The van der Waals surface area contributed by atoms with Crippen molar-refractivity contribution in [3.05, 3.63) is 29.0 Å². The normalized spacial score (nSPS) is 8.71. The van der Waals surface area contributed by atoms with E-state index in [4.69, 9.17) is 11.6 Å². The molecule has 0 aliphatic rings. The Morgan fingerprint density at radius 1 is 1.71 bits per heavy atom. The number of hydrogen-bond acceptors (Lipinski definition) is 3. The summed E-state index contributed by atoms with van der Waals surface area (Å²) in [6.07, 6.45) is 3.05. The lowest BCUT2D eigenvalue weighted by atomic mass is 10.3. The van der Waals surface area contributed by atoms with E-state index in [0.717, 1.165) is 0 Å². The van der Waals surface area contributed by atoms with Gasteiger partial charge in [-0.05, 0) is 13.0 Å². The number of carbonyl (C=O) groups excluding carboxylic acids is 1. The highest BCUT2D eigenvalue weighted by Crippen LogP contribution is 2.11. The molecule has 0 bridgehead atoms. The lowest BCUT2D eigenvalue weighted by molar-refractivity contribution is -0.136. The highest BCUT2D eigenvalue weighted by Gasteiger charge is 1.96. The van der Waals surface area contributed by atoms with Crippen molar-refractivity contribution in [1.29, 1.82) is 0 Å². The molecule has 0 saturated heterocycles. The van der Waals surface area contributed by atoms with Crippen molar-refractivity contribution in [3.8, 4) is 11.8 Å². The highest BCUT2D eigenvalue weighted by molar-refractivity contribution is 6.31. The van der Waals surface area contributed by atoms with Crippen molar-refractivity contribution in [3.63, 3.8) is 0 Å². The number of nitrogens with zero attached hydrogens (tertiary/aromatic N) is 1. The van der Waals surface area contributed by atoms with Gasteiger partial charge in [0.05, 0.1) is 17.2 Å². The van der Waals surface area contributed by atoms with Crippen molar-refractivity contribution in [2.45, 2.75) is 6.92 Å². The molecule has 1 heterocycles. The van der Waals surface area contributed by atoms with Crippen LogP contribution in [-0.4, -0.2) is 17.6 Å². The monoisotopic (exact) mass is 209 g/mol. The van der Waals surface area contributed by atoms with Gasteiger partial charge < -0.3 is 4.74 Å². The van der Waals surface area contributed by atoms with Gasteiger partial charge in [0.2, 0.25) is 0 Å². The Morgan fingerprint density at radius 2 is 2.50 bits per heavy atom. The molecule has 0 spiro atoms. The van der Waals surface area contributed by atoms with Crippen LogP contribution in [0, 0.1) is 11.8 Å². The standard InChI is InChI=1S/C10H8ClNO2/c1-2-14-10(13)4-3-8-7-12-6-5-9(8)11/h5-7H,2H2,1H3. The van der Waals surface area contributed by atoms with Crippen LogP contribution in [0.1, 0.15) is 12.5 Å². The van der Waals surface area contributed by atoms with Crippen molar-refractivity contribution >= 4 is 17.6 Å². The number of hydrogen-bond donors (Lipinski definition) is 0. The predicted octanol–water partition coefficient (Wildman–Crippen LogP) is 1.65. The molecule has 3 nitrogen and oxygen atoms in total. The van der Waals surface area contributed by atoms with E-state index in [1.165, 1.54) is 6.20 Å². The number of esters is 1. The molecule has 0 N–H and O–H groups in total. The number of aromatic nitrogens is 1. The minimum Gasteiger partial charge on any atom is -0.456 e. The Balaban J connectivity index is 2.77. The molecule has 0 atom stereocenters. The fourth-order valence-electron chi connectivity index (χ4n) is 0.755. The molecule has 1 rings (SSSR count). The lowest BCUT2D eigenvalue weighted by Crippen LogP contribution is -1.99. The second-order valence-electron chi connectivity index (χ2n) is 2.33. The summed E-state index contributed by atoms with van der Waals surface area (Å²) < 4.78 is 4.63. The molecule has 0 aliphatic heterocycles. The van der Waals surface area contributed by atoms with Gasteiger partial charge in [-0.3, -0.25) is 4.98 Å². The van der Waals surface area contributed by atoms with Gasteiger partial charge in [-0.15, -0.1) is 0 Å². The van der Waals surface area contributed by atoms with Gasteiger partial charge in [0.25, 0.3) is 0 Å². The average Bonchev–Trinajstić information content (AvgIpc) is 2.17. The van der Waals surface area contributed by atoms with Crippen LogP contribution in [0.25, 0.3) is 0 Å².